The number of rotatable bonds is 3. The third kappa shape index (κ3) is 3.14. The highest BCUT2D eigenvalue weighted by Gasteiger charge is 2.05. The van der Waals surface area contributed by atoms with Gasteiger partial charge < -0.3 is 5.32 Å². The van der Waals surface area contributed by atoms with E-state index in [-0.39, 0.29) is 0 Å². The molecular formula is C11H13ClN4S. The highest BCUT2D eigenvalue weighted by Crippen LogP contribution is 2.19. The van der Waals surface area contributed by atoms with Gasteiger partial charge in [-0.3, -0.25) is 0 Å². The van der Waals surface area contributed by atoms with E-state index in [1.54, 1.807) is 17.4 Å². The highest BCUT2D eigenvalue weighted by molar-refractivity contribution is 7.11. The first-order valence-electron chi connectivity index (χ1n) is 5.22. The molecule has 2 aromatic heterocycles. The first-order valence-corrected chi connectivity index (χ1v) is 6.42. The molecule has 0 fully saturated rings. The predicted octanol–water partition coefficient (Wildman–Crippen LogP) is 3.12. The van der Waals surface area contributed by atoms with Crippen LogP contribution in [-0.2, 0) is 6.54 Å². The van der Waals surface area contributed by atoms with E-state index in [9.17, 15) is 0 Å². The van der Waals surface area contributed by atoms with Gasteiger partial charge in [0, 0.05) is 10.9 Å². The van der Waals surface area contributed by atoms with E-state index in [2.05, 4.69) is 20.3 Å². The Kier molecular flexibility index (Phi) is 3.59. The van der Waals surface area contributed by atoms with Crippen LogP contribution in [0.15, 0.2) is 6.07 Å². The fourth-order valence-electron chi connectivity index (χ4n) is 1.53. The number of thiazole rings is 1. The van der Waals surface area contributed by atoms with E-state index in [1.807, 2.05) is 20.8 Å². The van der Waals surface area contributed by atoms with Crippen molar-refractivity contribution in [1.82, 2.24) is 15.0 Å². The first kappa shape index (κ1) is 12.3. The van der Waals surface area contributed by atoms with Gasteiger partial charge in [0.2, 0.25) is 0 Å². The number of anilines is 1. The van der Waals surface area contributed by atoms with Gasteiger partial charge in [-0.1, -0.05) is 11.6 Å². The Bertz CT molecular complexity index is 518. The fourth-order valence-corrected chi connectivity index (χ4v) is 2.63. The first-order chi connectivity index (χ1) is 8.04. The van der Waals surface area contributed by atoms with Crippen LogP contribution in [0.1, 0.15) is 21.4 Å². The maximum atomic E-state index is 5.87. The van der Waals surface area contributed by atoms with Crippen LogP contribution in [0.4, 0.5) is 5.82 Å². The van der Waals surface area contributed by atoms with Crippen LogP contribution in [0.5, 0.6) is 0 Å². The van der Waals surface area contributed by atoms with Crippen LogP contribution in [0.3, 0.4) is 0 Å². The van der Waals surface area contributed by atoms with Gasteiger partial charge in [-0.05, 0) is 20.8 Å². The third-order valence-electron chi connectivity index (χ3n) is 2.24. The molecule has 4 nitrogen and oxygen atoms in total. The summed E-state index contributed by atoms with van der Waals surface area (Å²) in [6.45, 7) is 6.55. The van der Waals surface area contributed by atoms with Crippen molar-refractivity contribution < 1.29 is 0 Å². The summed E-state index contributed by atoms with van der Waals surface area (Å²) in [5, 5.41) is 4.77. The summed E-state index contributed by atoms with van der Waals surface area (Å²) < 4.78 is 0. The molecule has 0 bridgehead atoms. The molecule has 2 aromatic rings. The van der Waals surface area contributed by atoms with E-state index < -0.39 is 0 Å². The van der Waals surface area contributed by atoms with Gasteiger partial charge in [0.15, 0.2) is 0 Å². The lowest BCUT2D eigenvalue weighted by atomic mass is 10.4. The van der Waals surface area contributed by atoms with Crippen molar-refractivity contribution >= 4 is 28.8 Å². The molecule has 6 heteroatoms. The predicted molar refractivity (Wildman–Crippen MR) is 70.7 cm³/mol. The molecule has 0 aliphatic heterocycles. The molecule has 0 saturated carbocycles. The van der Waals surface area contributed by atoms with Gasteiger partial charge >= 0.3 is 0 Å². The Morgan fingerprint density at radius 1 is 1.24 bits per heavy atom. The molecule has 0 atom stereocenters. The number of aryl methyl sites for hydroxylation is 3. The molecule has 17 heavy (non-hydrogen) atoms. The van der Waals surface area contributed by atoms with Gasteiger partial charge in [-0.15, -0.1) is 11.3 Å². The molecular weight excluding hydrogens is 256 g/mol. The Morgan fingerprint density at radius 3 is 2.59 bits per heavy atom. The van der Waals surface area contributed by atoms with Gasteiger partial charge in [0.1, 0.15) is 16.8 Å². The molecule has 0 unspecified atom stereocenters. The average molecular weight is 269 g/mol. The summed E-state index contributed by atoms with van der Waals surface area (Å²) >= 11 is 7.56. The number of aromatic nitrogens is 3. The number of nitrogens with one attached hydrogen (secondary N) is 1. The molecule has 0 aliphatic rings. The van der Waals surface area contributed by atoms with Crippen molar-refractivity contribution in [3.05, 3.63) is 32.6 Å². The van der Waals surface area contributed by atoms with Crippen molar-refractivity contribution in [3.8, 4) is 0 Å². The zero-order valence-corrected chi connectivity index (χ0v) is 11.5. The number of hydrogen-bond acceptors (Lipinski definition) is 5. The van der Waals surface area contributed by atoms with Gasteiger partial charge in [-0.25, -0.2) is 15.0 Å². The van der Waals surface area contributed by atoms with Gasteiger partial charge in [0.05, 0.1) is 17.2 Å². The second-order valence-corrected chi connectivity index (χ2v) is 5.39. The lowest BCUT2D eigenvalue weighted by Crippen LogP contribution is -2.02. The zero-order valence-electron chi connectivity index (χ0n) is 9.91. The fraction of sp³-hybridized carbons (Fsp3) is 0.364. The monoisotopic (exact) mass is 268 g/mol. The van der Waals surface area contributed by atoms with Crippen molar-refractivity contribution in [3.63, 3.8) is 0 Å². The number of nitrogens with zero attached hydrogens (tertiary/aromatic N) is 3. The molecule has 2 rings (SSSR count). The Labute approximate surface area is 109 Å². The molecule has 0 aromatic carbocycles. The second kappa shape index (κ2) is 4.98. The van der Waals surface area contributed by atoms with E-state index >= 15 is 0 Å². The standard InChI is InChI=1S/C11H13ClN4S/c1-6-9(17-8(3)14-6)5-13-11-4-10(12)15-7(2)16-11/h4H,5H2,1-3H3,(H,13,15,16). The van der Waals surface area contributed by atoms with E-state index in [4.69, 9.17) is 11.6 Å². The van der Waals surface area contributed by atoms with Crippen LogP contribution in [0.2, 0.25) is 5.15 Å². The molecule has 0 saturated heterocycles. The van der Waals surface area contributed by atoms with Gasteiger partial charge in [-0.2, -0.15) is 0 Å². The van der Waals surface area contributed by atoms with E-state index in [0.29, 0.717) is 17.5 Å². The minimum atomic E-state index is 0.456. The van der Waals surface area contributed by atoms with Crippen LogP contribution in [0, 0.1) is 20.8 Å². The van der Waals surface area contributed by atoms with Crippen molar-refractivity contribution in [1.29, 1.82) is 0 Å². The Hall–Kier alpha value is -1.20. The van der Waals surface area contributed by atoms with Gasteiger partial charge in [0.25, 0.3) is 0 Å². The average Bonchev–Trinajstić information content (AvgIpc) is 2.53. The highest BCUT2D eigenvalue weighted by atomic mass is 35.5. The number of hydrogen-bond donors (Lipinski definition) is 1. The normalized spacial score (nSPS) is 10.6. The lowest BCUT2D eigenvalue weighted by molar-refractivity contribution is 1.02. The maximum Gasteiger partial charge on any atom is 0.134 e. The smallest absolute Gasteiger partial charge is 0.134 e. The van der Waals surface area contributed by atoms with E-state index in [0.717, 1.165) is 16.5 Å². The Balaban J connectivity index is 2.09. The summed E-state index contributed by atoms with van der Waals surface area (Å²) in [4.78, 5) is 13.9. The quantitative estimate of drug-likeness (QED) is 0.869. The minimum Gasteiger partial charge on any atom is -0.365 e. The number of halogens is 1. The van der Waals surface area contributed by atoms with Crippen molar-refractivity contribution in [2.45, 2.75) is 27.3 Å². The molecule has 1 N–H and O–H groups in total. The molecule has 2 heterocycles. The molecule has 0 aliphatic carbocycles. The summed E-state index contributed by atoms with van der Waals surface area (Å²) in [7, 11) is 0. The lowest BCUT2D eigenvalue weighted by Gasteiger charge is -2.05. The summed E-state index contributed by atoms with van der Waals surface area (Å²) in [6, 6.07) is 1.72. The molecule has 0 amide bonds. The SMILES string of the molecule is Cc1nc(Cl)cc(NCc2sc(C)nc2C)n1. The van der Waals surface area contributed by atoms with Crippen molar-refractivity contribution in [2.75, 3.05) is 5.32 Å². The zero-order chi connectivity index (χ0) is 12.4. The summed E-state index contributed by atoms with van der Waals surface area (Å²) in [6.07, 6.45) is 0. The van der Waals surface area contributed by atoms with Crippen LogP contribution < -0.4 is 5.32 Å². The topological polar surface area (TPSA) is 50.7 Å². The maximum absolute atomic E-state index is 5.87. The largest absolute Gasteiger partial charge is 0.365 e. The molecule has 0 spiro atoms. The minimum absolute atomic E-state index is 0.456. The van der Waals surface area contributed by atoms with Crippen LogP contribution in [-0.4, -0.2) is 15.0 Å². The second-order valence-electron chi connectivity index (χ2n) is 3.72. The van der Waals surface area contributed by atoms with E-state index in [1.165, 1.54) is 4.88 Å². The van der Waals surface area contributed by atoms with Crippen LogP contribution >= 0.6 is 22.9 Å². The summed E-state index contributed by atoms with van der Waals surface area (Å²) in [5.41, 5.74) is 1.07. The molecule has 90 valence electrons. The summed E-state index contributed by atoms with van der Waals surface area (Å²) in [5.74, 6) is 1.41. The van der Waals surface area contributed by atoms with Crippen LogP contribution in [0.25, 0.3) is 0 Å². The Morgan fingerprint density at radius 2 is 2.00 bits per heavy atom. The van der Waals surface area contributed by atoms with Crippen molar-refractivity contribution in [2.24, 2.45) is 0 Å². The molecule has 0 radical (unpaired) electrons. The third-order valence-corrected chi connectivity index (χ3v) is 3.50.